The number of benzene rings is 4. The zero-order valence-electron chi connectivity index (χ0n) is 17.7. The Labute approximate surface area is 191 Å². The molecule has 0 fully saturated rings. The first-order valence-electron chi connectivity index (χ1n) is 10.8. The molecule has 1 unspecified atom stereocenters. The number of anilines is 1. The van der Waals surface area contributed by atoms with Gasteiger partial charge in [-0.05, 0) is 18.2 Å². The molecule has 0 saturated carbocycles. The summed E-state index contributed by atoms with van der Waals surface area (Å²) < 4.78 is 6.11. The Morgan fingerprint density at radius 2 is 1.09 bits per heavy atom. The lowest BCUT2D eigenvalue weighted by Gasteiger charge is -2.13. The highest BCUT2D eigenvalue weighted by molar-refractivity contribution is 5.67. The first-order valence-corrected chi connectivity index (χ1v) is 10.8. The molecule has 5 aromatic rings. The van der Waals surface area contributed by atoms with Gasteiger partial charge in [0, 0.05) is 22.3 Å². The van der Waals surface area contributed by atoms with Gasteiger partial charge in [-0.15, -0.1) is 0 Å². The van der Waals surface area contributed by atoms with Gasteiger partial charge in [-0.25, -0.2) is 15.0 Å². The maximum atomic E-state index is 6.11. The Morgan fingerprint density at radius 1 is 0.545 bits per heavy atom. The van der Waals surface area contributed by atoms with E-state index in [4.69, 9.17) is 19.7 Å². The van der Waals surface area contributed by atoms with E-state index < -0.39 is 0 Å². The van der Waals surface area contributed by atoms with E-state index in [0.717, 1.165) is 33.7 Å². The third kappa shape index (κ3) is 3.81. The second-order valence-corrected chi connectivity index (χ2v) is 7.80. The molecule has 0 radical (unpaired) electrons. The number of ether oxygens (including phenoxy) is 1. The lowest BCUT2D eigenvalue weighted by atomic mass is 10.1. The molecule has 2 heterocycles. The van der Waals surface area contributed by atoms with Crippen molar-refractivity contribution >= 4 is 5.69 Å². The quantitative estimate of drug-likeness (QED) is 0.360. The van der Waals surface area contributed by atoms with Crippen molar-refractivity contribution in [1.29, 1.82) is 0 Å². The Hall–Kier alpha value is -4.51. The molecule has 1 atom stereocenters. The van der Waals surface area contributed by atoms with Crippen molar-refractivity contribution in [3.05, 3.63) is 115 Å². The number of aromatic nitrogens is 3. The molecule has 6 rings (SSSR count). The van der Waals surface area contributed by atoms with Crippen LogP contribution in [0, 0.1) is 0 Å². The minimum Gasteiger partial charge on any atom is -0.464 e. The van der Waals surface area contributed by atoms with Gasteiger partial charge in [0.2, 0.25) is 0 Å². The highest BCUT2D eigenvalue weighted by Crippen LogP contribution is 2.38. The number of nitrogens with zero attached hydrogens (tertiary/aromatic N) is 3. The van der Waals surface area contributed by atoms with Crippen LogP contribution in [0.3, 0.4) is 0 Å². The summed E-state index contributed by atoms with van der Waals surface area (Å²) in [5, 5.41) is 3.43. The van der Waals surface area contributed by atoms with Crippen molar-refractivity contribution < 1.29 is 4.74 Å². The van der Waals surface area contributed by atoms with E-state index in [9.17, 15) is 0 Å². The van der Waals surface area contributed by atoms with Gasteiger partial charge in [0.1, 0.15) is 5.75 Å². The van der Waals surface area contributed by atoms with Crippen LogP contribution in [-0.4, -0.2) is 15.0 Å². The molecular weight excluding hydrogens is 408 g/mol. The summed E-state index contributed by atoms with van der Waals surface area (Å²) in [4.78, 5) is 14.4. The third-order valence-electron chi connectivity index (χ3n) is 5.57. The van der Waals surface area contributed by atoms with E-state index in [1.807, 2.05) is 103 Å². The van der Waals surface area contributed by atoms with Gasteiger partial charge in [0.05, 0.1) is 5.69 Å². The van der Waals surface area contributed by atoms with E-state index in [1.54, 1.807) is 0 Å². The summed E-state index contributed by atoms with van der Waals surface area (Å²) in [6.07, 6.45) is -0.258. The summed E-state index contributed by atoms with van der Waals surface area (Å²) in [6, 6.07) is 36.1. The van der Waals surface area contributed by atoms with Gasteiger partial charge < -0.3 is 10.1 Å². The Bertz CT molecular complexity index is 1340. The predicted molar refractivity (Wildman–Crippen MR) is 130 cm³/mol. The van der Waals surface area contributed by atoms with Crippen molar-refractivity contribution in [3.63, 3.8) is 0 Å². The van der Waals surface area contributed by atoms with E-state index >= 15 is 0 Å². The van der Waals surface area contributed by atoms with Crippen LogP contribution in [0.5, 0.6) is 5.75 Å². The zero-order valence-corrected chi connectivity index (χ0v) is 17.7. The lowest BCUT2D eigenvalue weighted by Crippen LogP contribution is -2.10. The van der Waals surface area contributed by atoms with Gasteiger partial charge >= 0.3 is 0 Å². The van der Waals surface area contributed by atoms with Crippen molar-refractivity contribution in [2.45, 2.75) is 6.23 Å². The SMILES string of the molecule is c1ccc(-c2nc(-c3ccccc3)nc(-c3cccc(C4Nc5ccccc5O4)c3)n2)cc1. The zero-order chi connectivity index (χ0) is 22.0. The molecule has 1 aliphatic rings. The van der Waals surface area contributed by atoms with Crippen molar-refractivity contribution in [3.8, 4) is 39.9 Å². The standard InChI is InChI=1S/C28H20N4O/c1-3-10-19(11-4-1)25-30-26(20-12-5-2-6-13-20)32-27(31-25)21-14-9-15-22(18-21)28-29-23-16-7-8-17-24(23)33-28/h1-18,28-29H. The fourth-order valence-corrected chi connectivity index (χ4v) is 3.92. The monoisotopic (exact) mass is 428 g/mol. The van der Waals surface area contributed by atoms with Crippen molar-refractivity contribution in [2.24, 2.45) is 0 Å². The molecule has 1 aliphatic heterocycles. The summed E-state index contributed by atoms with van der Waals surface area (Å²) in [5.41, 5.74) is 4.81. The maximum Gasteiger partial charge on any atom is 0.196 e. The first kappa shape index (κ1) is 19.2. The molecule has 5 nitrogen and oxygen atoms in total. The minimum atomic E-state index is -0.258. The maximum absolute atomic E-state index is 6.11. The van der Waals surface area contributed by atoms with E-state index in [-0.39, 0.29) is 6.23 Å². The van der Waals surface area contributed by atoms with Crippen LogP contribution in [-0.2, 0) is 0 Å². The molecule has 0 spiro atoms. The average Bonchev–Trinajstić information content (AvgIpc) is 3.34. The number of rotatable bonds is 4. The van der Waals surface area contributed by atoms with Crippen LogP contribution < -0.4 is 10.1 Å². The molecule has 0 aliphatic carbocycles. The molecule has 1 N–H and O–H groups in total. The average molecular weight is 428 g/mol. The Kier molecular flexibility index (Phi) is 4.77. The Morgan fingerprint density at radius 3 is 1.73 bits per heavy atom. The number of hydrogen-bond acceptors (Lipinski definition) is 5. The first-order chi connectivity index (χ1) is 16.3. The predicted octanol–water partition coefficient (Wildman–Crippen LogP) is 6.38. The van der Waals surface area contributed by atoms with Crippen molar-refractivity contribution in [2.75, 3.05) is 5.32 Å². The molecule has 0 amide bonds. The topological polar surface area (TPSA) is 59.9 Å². The second kappa shape index (κ2) is 8.20. The summed E-state index contributed by atoms with van der Waals surface area (Å²) in [5.74, 6) is 2.77. The van der Waals surface area contributed by atoms with Crippen LogP contribution in [0.2, 0.25) is 0 Å². The van der Waals surface area contributed by atoms with Gasteiger partial charge in [-0.1, -0.05) is 91.0 Å². The van der Waals surface area contributed by atoms with Gasteiger partial charge in [-0.3, -0.25) is 0 Å². The molecule has 33 heavy (non-hydrogen) atoms. The van der Waals surface area contributed by atoms with E-state index in [0.29, 0.717) is 17.5 Å². The van der Waals surface area contributed by atoms with Gasteiger partial charge in [-0.2, -0.15) is 0 Å². The highest BCUT2D eigenvalue weighted by atomic mass is 16.5. The molecule has 5 heteroatoms. The van der Waals surface area contributed by atoms with Crippen LogP contribution in [0.15, 0.2) is 109 Å². The number of nitrogens with one attached hydrogen (secondary N) is 1. The minimum absolute atomic E-state index is 0.258. The van der Waals surface area contributed by atoms with Crippen molar-refractivity contribution in [1.82, 2.24) is 15.0 Å². The van der Waals surface area contributed by atoms with Gasteiger partial charge in [0.15, 0.2) is 23.7 Å². The fourth-order valence-electron chi connectivity index (χ4n) is 3.92. The van der Waals surface area contributed by atoms with Crippen LogP contribution >= 0.6 is 0 Å². The largest absolute Gasteiger partial charge is 0.464 e. The third-order valence-corrected chi connectivity index (χ3v) is 5.57. The molecule has 4 aromatic carbocycles. The van der Waals surface area contributed by atoms with Crippen LogP contribution in [0.1, 0.15) is 11.8 Å². The molecule has 0 saturated heterocycles. The van der Waals surface area contributed by atoms with E-state index in [2.05, 4.69) is 11.4 Å². The molecule has 0 bridgehead atoms. The number of fused-ring (bicyclic) bond motifs is 1. The molecular formula is C28H20N4O. The number of hydrogen-bond donors (Lipinski definition) is 1. The Balaban J connectivity index is 1.42. The number of para-hydroxylation sites is 2. The fraction of sp³-hybridized carbons (Fsp3) is 0.0357. The highest BCUT2D eigenvalue weighted by Gasteiger charge is 2.23. The second-order valence-electron chi connectivity index (χ2n) is 7.80. The summed E-state index contributed by atoms with van der Waals surface area (Å²) in [6.45, 7) is 0. The normalized spacial score (nSPS) is 14.2. The smallest absolute Gasteiger partial charge is 0.196 e. The van der Waals surface area contributed by atoms with E-state index in [1.165, 1.54) is 0 Å². The lowest BCUT2D eigenvalue weighted by molar-refractivity contribution is 0.260. The summed E-state index contributed by atoms with van der Waals surface area (Å²) in [7, 11) is 0. The molecule has 158 valence electrons. The van der Waals surface area contributed by atoms with Gasteiger partial charge in [0.25, 0.3) is 0 Å². The summed E-state index contributed by atoms with van der Waals surface area (Å²) >= 11 is 0. The molecule has 1 aromatic heterocycles. The van der Waals surface area contributed by atoms with Crippen LogP contribution in [0.4, 0.5) is 5.69 Å². The van der Waals surface area contributed by atoms with Crippen LogP contribution in [0.25, 0.3) is 34.2 Å².